The van der Waals surface area contributed by atoms with Gasteiger partial charge in [-0.2, -0.15) is 0 Å². The van der Waals surface area contributed by atoms with Gasteiger partial charge in [-0.25, -0.2) is 4.79 Å². The molecule has 2 heterocycles. The molecule has 3 aromatic carbocycles. The number of hydrogen-bond acceptors (Lipinski definition) is 5. The van der Waals surface area contributed by atoms with E-state index in [0.29, 0.717) is 52.9 Å². The number of methoxy groups -OCH3 is 2. The molecule has 2 atom stereocenters. The van der Waals surface area contributed by atoms with E-state index in [1.54, 1.807) is 49.5 Å². The summed E-state index contributed by atoms with van der Waals surface area (Å²) in [5.74, 6) is 1.75. The maximum Gasteiger partial charge on any atom is 0.325 e. The van der Waals surface area contributed by atoms with Crippen LogP contribution in [0.4, 0.5) is 10.5 Å². The molecule has 0 saturated carbocycles. The molecule has 1 fully saturated rings. The first-order chi connectivity index (χ1) is 17.8. The molecule has 0 aromatic heterocycles. The molecule has 2 aliphatic rings. The van der Waals surface area contributed by atoms with Crippen LogP contribution in [-0.4, -0.2) is 38.4 Å². The van der Waals surface area contributed by atoms with Crippen molar-refractivity contribution < 1.29 is 23.8 Å². The molecule has 3 aromatic rings. The van der Waals surface area contributed by atoms with Gasteiger partial charge in [0.05, 0.1) is 25.9 Å². The van der Waals surface area contributed by atoms with E-state index >= 15 is 0 Å². The predicted octanol–water partition coefficient (Wildman–Crippen LogP) is 5.10. The smallest absolute Gasteiger partial charge is 0.325 e. The highest BCUT2D eigenvalue weighted by atomic mass is 35.5. The predicted molar refractivity (Wildman–Crippen MR) is 141 cm³/mol. The molecule has 0 spiro atoms. The van der Waals surface area contributed by atoms with Crippen molar-refractivity contribution in [1.82, 2.24) is 10.6 Å². The Morgan fingerprint density at radius 1 is 1.14 bits per heavy atom. The number of benzene rings is 3. The van der Waals surface area contributed by atoms with E-state index in [1.165, 1.54) is 0 Å². The van der Waals surface area contributed by atoms with Gasteiger partial charge >= 0.3 is 6.03 Å². The van der Waals surface area contributed by atoms with Crippen molar-refractivity contribution >= 4 is 29.2 Å². The maximum atomic E-state index is 13.2. The summed E-state index contributed by atoms with van der Waals surface area (Å²) in [6, 6.07) is 17.6. The van der Waals surface area contributed by atoms with E-state index in [2.05, 4.69) is 10.6 Å². The molecule has 0 radical (unpaired) electrons. The Labute approximate surface area is 220 Å². The number of carbonyl (C=O) groups excluding carboxylic acids is 2. The van der Waals surface area contributed by atoms with Crippen molar-refractivity contribution in [2.75, 3.05) is 25.7 Å². The molecule has 2 bridgehead atoms. The fourth-order valence-electron chi connectivity index (χ4n) is 4.98. The Bertz CT molecular complexity index is 1360. The van der Waals surface area contributed by atoms with Crippen LogP contribution in [0.3, 0.4) is 0 Å². The van der Waals surface area contributed by atoms with Crippen LogP contribution in [0.15, 0.2) is 60.7 Å². The highest BCUT2D eigenvalue weighted by Crippen LogP contribution is 2.46. The van der Waals surface area contributed by atoms with Gasteiger partial charge in [0.25, 0.3) is 5.91 Å². The first-order valence-corrected chi connectivity index (χ1v) is 12.4. The zero-order valence-corrected chi connectivity index (χ0v) is 21.6. The summed E-state index contributed by atoms with van der Waals surface area (Å²) in [4.78, 5) is 27.7. The first kappa shape index (κ1) is 24.8. The van der Waals surface area contributed by atoms with E-state index in [9.17, 15) is 9.59 Å². The molecule has 5 rings (SSSR count). The Kier molecular flexibility index (Phi) is 6.60. The molecular weight excluding hydrogens is 494 g/mol. The van der Waals surface area contributed by atoms with E-state index in [0.717, 1.165) is 11.1 Å². The summed E-state index contributed by atoms with van der Waals surface area (Å²) >= 11 is 6.17. The van der Waals surface area contributed by atoms with Crippen molar-refractivity contribution in [2.45, 2.75) is 31.5 Å². The zero-order valence-electron chi connectivity index (χ0n) is 20.8. The Hall–Kier alpha value is -3.91. The maximum absolute atomic E-state index is 13.2. The third kappa shape index (κ3) is 4.76. The fourth-order valence-corrected chi connectivity index (χ4v) is 5.16. The number of anilines is 1. The van der Waals surface area contributed by atoms with E-state index in [4.69, 9.17) is 25.8 Å². The summed E-state index contributed by atoms with van der Waals surface area (Å²) in [7, 11) is 3.18. The minimum atomic E-state index is -0.920. The van der Waals surface area contributed by atoms with E-state index < -0.39 is 5.72 Å². The number of nitrogens with one attached hydrogen (secondary N) is 2. The van der Waals surface area contributed by atoms with Crippen LogP contribution in [0.5, 0.6) is 17.2 Å². The molecule has 3 amide bonds. The van der Waals surface area contributed by atoms with Crippen molar-refractivity contribution in [3.63, 3.8) is 0 Å². The number of amides is 3. The summed E-state index contributed by atoms with van der Waals surface area (Å²) in [5.41, 5.74) is 1.97. The average Bonchev–Trinajstić information content (AvgIpc) is 2.88. The van der Waals surface area contributed by atoms with Crippen molar-refractivity contribution in [3.05, 3.63) is 82.4 Å². The molecule has 0 unspecified atom stereocenters. The number of urea groups is 1. The van der Waals surface area contributed by atoms with Gasteiger partial charge in [-0.05, 0) is 67.4 Å². The molecule has 2 N–H and O–H groups in total. The third-order valence-electron chi connectivity index (χ3n) is 6.75. The summed E-state index contributed by atoms with van der Waals surface area (Å²) in [5, 5.41) is 6.59. The summed E-state index contributed by atoms with van der Waals surface area (Å²) < 4.78 is 16.9. The lowest BCUT2D eigenvalue weighted by Crippen LogP contribution is -2.65. The quantitative estimate of drug-likeness (QED) is 0.451. The first-order valence-electron chi connectivity index (χ1n) is 12.0. The van der Waals surface area contributed by atoms with Gasteiger partial charge in [0.1, 0.15) is 5.75 Å². The number of rotatable bonds is 7. The minimum Gasteiger partial charge on any atom is -0.493 e. The number of halogens is 1. The van der Waals surface area contributed by atoms with Gasteiger partial charge in [0.15, 0.2) is 17.2 Å². The molecule has 37 heavy (non-hydrogen) atoms. The zero-order chi connectivity index (χ0) is 26.2. The molecule has 192 valence electrons. The van der Waals surface area contributed by atoms with Crippen LogP contribution in [0.1, 0.15) is 40.9 Å². The number of ether oxygens (including phenoxy) is 3. The highest BCUT2D eigenvalue weighted by molar-refractivity contribution is 6.30. The summed E-state index contributed by atoms with van der Waals surface area (Å²) in [6.07, 6.45) is 1.16. The third-order valence-corrected chi connectivity index (χ3v) is 6.98. The largest absolute Gasteiger partial charge is 0.493 e. The second-order valence-electron chi connectivity index (χ2n) is 9.25. The standard InChI is InChI=1S/C28H28ClN3O5/c1-28-16-22(21-15-19(29)8-10-23(21)37-28)31-27(34)32(28)20-6-4-5-18(14-20)26(33)30-12-11-17-7-9-24(35-2)25(13-17)36-3/h4-10,13-15,22H,11-12,16H2,1-3H3,(H,30,33)(H,31,34)/t22-,28+/m0/s1. The van der Waals surface area contributed by atoms with Crippen molar-refractivity contribution in [2.24, 2.45) is 0 Å². The molecular formula is C28H28ClN3O5. The van der Waals surface area contributed by atoms with E-state index in [1.807, 2.05) is 37.3 Å². The highest BCUT2D eigenvalue weighted by Gasteiger charge is 2.50. The lowest BCUT2D eigenvalue weighted by atomic mass is 9.90. The topological polar surface area (TPSA) is 89.1 Å². The minimum absolute atomic E-state index is 0.209. The van der Waals surface area contributed by atoms with Gasteiger partial charge in [0.2, 0.25) is 0 Å². The van der Waals surface area contributed by atoms with Crippen molar-refractivity contribution in [3.8, 4) is 17.2 Å². The molecule has 8 nitrogen and oxygen atoms in total. The van der Waals surface area contributed by atoms with Crippen LogP contribution >= 0.6 is 11.6 Å². The van der Waals surface area contributed by atoms with Crippen molar-refractivity contribution in [1.29, 1.82) is 0 Å². The van der Waals surface area contributed by atoms with E-state index in [-0.39, 0.29) is 18.0 Å². The lowest BCUT2D eigenvalue weighted by Gasteiger charge is -2.50. The molecule has 2 aliphatic heterocycles. The fraction of sp³-hybridized carbons (Fsp3) is 0.286. The number of hydrogen-bond donors (Lipinski definition) is 2. The normalized spacial score (nSPS) is 19.8. The lowest BCUT2D eigenvalue weighted by molar-refractivity contribution is 0.0378. The molecule has 1 saturated heterocycles. The van der Waals surface area contributed by atoms with Crippen LogP contribution in [0, 0.1) is 0 Å². The van der Waals surface area contributed by atoms with Gasteiger partial charge < -0.3 is 24.8 Å². The Balaban J connectivity index is 1.30. The Morgan fingerprint density at radius 3 is 2.73 bits per heavy atom. The van der Waals surface area contributed by atoms with Gasteiger partial charge in [0, 0.05) is 29.1 Å². The number of carbonyl (C=O) groups is 2. The second kappa shape index (κ2) is 9.86. The Morgan fingerprint density at radius 2 is 1.95 bits per heavy atom. The number of nitrogens with zero attached hydrogens (tertiary/aromatic N) is 1. The van der Waals surface area contributed by atoms with Crippen LogP contribution in [0.2, 0.25) is 5.02 Å². The summed E-state index contributed by atoms with van der Waals surface area (Å²) in [6.45, 7) is 2.32. The van der Waals surface area contributed by atoms with Gasteiger partial charge in [-0.15, -0.1) is 0 Å². The average molecular weight is 522 g/mol. The second-order valence-corrected chi connectivity index (χ2v) is 9.68. The monoisotopic (exact) mass is 521 g/mol. The van der Waals surface area contributed by atoms with Crippen LogP contribution in [-0.2, 0) is 6.42 Å². The van der Waals surface area contributed by atoms with Gasteiger partial charge in [-0.1, -0.05) is 23.7 Å². The molecule has 9 heteroatoms. The van der Waals surface area contributed by atoms with Gasteiger partial charge in [-0.3, -0.25) is 9.69 Å². The number of fused-ring (bicyclic) bond motifs is 4. The molecule has 0 aliphatic carbocycles. The SMILES string of the molecule is COc1ccc(CCNC(=O)c2cccc(N3C(=O)N[C@H]4C[C@@]3(C)Oc3ccc(Cl)cc34)c2)cc1OC. The van der Waals surface area contributed by atoms with Crippen LogP contribution in [0.25, 0.3) is 0 Å². The van der Waals surface area contributed by atoms with Crippen LogP contribution < -0.4 is 29.7 Å².